The van der Waals surface area contributed by atoms with Gasteiger partial charge in [0.15, 0.2) is 0 Å². The molecule has 0 saturated carbocycles. The van der Waals surface area contributed by atoms with Crippen LogP contribution >= 0.6 is 0 Å². The van der Waals surface area contributed by atoms with Gasteiger partial charge in [-0.15, -0.1) is 0 Å². The largest absolute Gasteiger partial charge is 0.407 e. The summed E-state index contributed by atoms with van der Waals surface area (Å²) in [5, 5.41) is 1.71. The zero-order valence-corrected chi connectivity index (χ0v) is 10.8. The number of hydrogen-bond acceptors (Lipinski definition) is 1. The highest BCUT2D eigenvalue weighted by Gasteiger charge is 2.37. The third-order valence-electron chi connectivity index (χ3n) is 3.27. The van der Waals surface area contributed by atoms with Crippen molar-refractivity contribution in [3.05, 3.63) is 47.5 Å². The zero-order valence-electron chi connectivity index (χ0n) is 10.8. The van der Waals surface area contributed by atoms with Crippen molar-refractivity contribution < 1.29 is 13.2 Å². The minimum Gasteiger partial charge on any atom is -0.316 e. The van der Waals surface area contributed by atoms with Crippen molar-refractivity contribution >= 4 is 10.8 Å². The van der Waals surface area contributed by atoms with Gasteiger partial charge in [-0.05, 0) is 33.9 Å². The van der Waals surface area contributed by atoms with Gasteiger partial charge < -0.3 is 5.73 Å². The molecule has 0 fully saturated rings. The molecule has 0 aromatic heterocycles. The molecule has 0 unspecified atom stereocenters. The molecule has 0 spiro atoms. The van der Waals surface area contributed by atoms with Crippen LogP contribution in [0.5, 0.6) is 0 Å². The van der Waals surface area contributed by atoms with Crippen molar-refractivity contribution in [1.82, 2.24) is 0 Å². The van der Waals surface area contributed by atoms with Gasteiger partial charge in [0.05, 0.1) is 0 Å². The van der Waals surface area contributed by atoms with Crippen LogP contribution in [0.1, 0.15) is 36.9 Å². The first-order valence-electron chi connectivity index (χ1n) is 6.15. The summed E-state index contributed by atoms with van der Waals surface area (Å²) in [6.45, 7) is 4.16. The van der Waals surface area contributed by atoms with Crippen molar-refractivity contribution in [1.29, 1.82) is 0 Å². The Labute approximate surface area is 110 Å². The second kappa shape index (κ2) is 4.85. The normalized spacial score (nSPS) is 14.1. The third kappa shape index (κ3) is 2.89. The fraction of sp³-hybridized carbons (Fsp3) is 0.333. The summed E-state index contributed by atoms with van der Waals surface area (Å²) in [5.74, 6) is 0.390. The lowest BCUT2D eigenvalue weighted by Crippen LogP contribution is -2.28. The number of halogens is 3. The summed E-state index contributed by atoms with van der Waals surface area (Å²) >= 11 is 0. The summed E-state index contributed by atoms with van der Waals surface area (Å²) in [7, 11) is 0. The van der Waals surface area contributed by atoms with E-state index in [-0.39, 0.29) is 5.56 Å². The van der Waals surface area contributed by atoms with E-state index in [2.05, 4.69) is 13.8 Å². The Morgan fingerprint density at radius 3 is 1.84 bits per heavy atom. The molecular weight excluding hydrogens is 251 g/mol. The number of benzene rings is 2. The molecule has 0 saturated heterocycles. The smallest absolute Gasteiger partial charge is 0.316 e. The molecule has 0 radical (unpaired) electrons. The molecule has 102 valence electrons. The van der Waals surface area contributed by atoms with Gasteiger partial charge in [-0.2, -0.15) is 13.2 Å². The van der Waals surface area contributed by atoms with Gasteiger partial charge in [0.2, 0.25) is 0 Å². The van der Waals surface area contributed by atoms with Gasteiger partial charge >= 0.3 is 6.18 Å². The van der Waals surface area contributed by atoms with E-state index >= 15 is 0 Å². The highest BCUT2D eigenvalue weighted by molar-refractivity contribution is 5.84. The third-order valence-corrected chi connectivity index (χ3v) is 3.27. The molecule has 0 aliphatic heterocycles. The van der Waals surface area contributed by atoms with Crippen molar-refractivity contribution in [2.45, 2.75) is 32.0 Å². The average molecular weight is 267 g/mol. The van der Waals surface area contributed by atoms with Crippen molar-refractivity contribution in [3.63, 3.8) is 0 Å². The van der Waals surface area contributed by atoms with Crippen LogP contribution in [0.4, 0.5) is 13.2 Å². The molecule has 1 atom stereocenters. The highest BCUT2D eigenvalue weighted by Crippen LogP contribution is 2.32. The van der Waals surface area contributed by atoms with E-state index in [9.17, 15) is 13.2 Å². The Morgan fingerprint density at radius 1 is 0.895 bits per heavy atom. The maximum absolute atomic E-state index is 12.6. The molecule has 1 nitrogen and oxygen atoms in total. The molecule has 2 aromatic carbocycles. The van der Waals surface area contributed by atoms with E-state index in [1.54, 1.807) is 6.07 Å². The van der Waals surface area contributed by atoms with E-state index in [0.29, 0.717) is 5.92 Å². The summed E-state index contributed by atoms with van der Waals surface area (Å²) in [4.78, 5) is 0. The minimum atomic E-state index is -4.41. The monoisotopic (exact) mass is 267 g/mol. The van der Waals surface area contributed by atoms with Crippen LogP contribution in [-0.4, -0.2) is 6.18 Å². The molecule has 0 aliphatic rings. The van der Waals surface area contributed by atoms with E-state index in [4.69, 9.17) is 5.73 Å². The van der Waals surface area contributed by atoms with Crippen LogP contribution < -0.4 is 5.73 Å². The minimum absolute atomic E-state index is 0.0947. The van der Waals surface area contributed by atoms with Crippen LogP contribution in [0.3, 0.4) is 0 Å². The van der Waals surface area contributed by atoms with Gasteiger partial charge in [-0.1, -0.05) is 44.2 Å². The van der Waals surface area contributed by atoms with Crippen molar-refractivity contribution in [3.8, 4) is 0 Å². The second-order valence-electron chi connectivity index (χ2n) is 5.04. The standard InChI is InChI=1S/C15H16F3N/c1-9(2)10-3-4-12-8-13(6-5-11(12)7-10)14(19)15(16,17)18/h3-9,14H,19H2,1-2H3/t14-/m0/s1. The van der Waals surface area contributed by atoms with Crippen molar-refractivity contribution in [2.24, 2.45) is 5.73 Å². The van der Waals surface area contributed by atoms with E-state index in [1.165, 1.54) is 17.7 Å². The SMILES string of the molecule is CC(C)c1ccc2cc([C@H](N)C(F)(F)F)ccc2c1. The first-order chi connectivity index (χ1) is 8.79. The summed E-state index contributed by atoms with van der Waals surface area (Å²) in [5.41, 5.74) is 6.48. The topological polar surface area (TPSA) is 26.0 Å². The van der Waals surface area contributed by atoms with E-state index < -0.39 is 12.2 Å². The molecule has 0 heterocycles. The first kappa shape index (κ1) is 13.9. The Balaban J connectivity index is 2.45. The highest BCUT2D eigenvalue weighted by atomic mass is 19.4. The second-order valence-corrected chi connectivity index (χ2v) is 5.04. The van der Waals surface area contributed by atoms with Gasteiger partial charge in [0, 0.05) is 0 Å². The molecule has 19 heavy (non-hydrogen) atoms. The lowest BCUT2D eigenvalue weighted by atomic mass is 9.97. The zero-order chi connectivity index (χ0) is 14.2. The molecule has 0 aliphatic carbocycles. The average Bonchev–Trinajstić information content (AvgIpc) is 2.35. The fourth-order valence-electron chi connectivity index (χ4n) is 2.02. The predicted molar refractivity (Wildman–Crippen MR) is 71.0 cm³/mol. The van der Waals surface area contributed by atoms with E-state index in [1.807, 2.05) is 18.2 Å². The van der Waals surface area contributed by atoms with E-state index in [0.717, 1.165) is 10.8 Å². The van der Waals surface area contributed by atoms with Crippen LogP contribution in [0.25, 0.3) is 10.8 Å². The molecule has 2 N–H and O–H groups in total. The maximum atomic E-state index is 12.6. The molecule has 2 rings (SSSR count). The molecule has 4 heteroatoms. The Hall–Kier alpha value is -1.55. The van der Waals surface area contributed by atoms with Gasteiger partial charge in [-0.25, -0.2) is 0 Å². The first-order valence-corrected chi connectivity index (χ1v) is 6.15. The van der Waals surface area contributed by atoms with Crippen LogP contribution in [0.2, 0.25) is 0 Å². The molecule has 0 amide bonds. The summed E-state index contributed by atoms with van der Waals surface area (Å²) in [6.07, 6.45) is -4.41. The Morgan fingerprint density at radius 2 is 1.37 bits per heavy atom. The molecular formula is C15H16F3N. The lowest BCUT2D eigenvalue weighted by molar-refractivity contribution is -0.149. The fourth-order valence-corrected chi connectivity index (χ4v) is 2.02. The summed E-state index contributed by atoms with van der Waals surface area (Å²) in [6, 6.07) is 8.52. The van der Waals surface area contributed by atoms with Crippen molar-refractivity contribution in [2.75, 3.05) is 0 Å². The van der Waals surface area contributed by atoms with Crippen LogP contribution in [0, 0.1) is 0 Å². The van der Waals surface area contributed by atoms with Gasteiger partial charge in [0.25, 0.3) is 0 Å². The van der Waals surface area contributed by atoms with Crippen LogP contribution in [0.15, 0.2) is 36.4 Å². The van der Waals surface area contributed by atoms with Gasteiger partial charge in [-0.3, -0.25) is 0 Å². The number of rotatable bonds is 2. The number of hydrogen-bond donors (Lipinski definition) is 1. The summed E-state index contributed by atoms with van der Waals surface area (Å²) < 4.78 is 37.7. The maximum Gasteiger partial charge on any atom is 0.407 e. The van der Waals surface area contributed by atoms with Gasteiger partial charge in [0.1, 0.15) is 6.04 Å². The molecule has 2 aromatic rings. The number of alkyl halides is 3. The quantitative estimate of drug-likeness (QED) is 0.850. The Kier molecular flexibility index (Phi) is 3.54. The molecule has 0 bridgehead atoms. The Bertz CT molecular complexity index is 587. The lowest BCUT2D eigenvalue weighted by Gasteiger charge is -2.16. The van der Waals surface area contributed by atoms with Crippen LogP contribution in [-0.2, 0) is 0 Å². The number of nitrogens with two attached hydrogens (primary N) is 1. The predicted octanol–water partition coefficient (Wildman–Crippen LogP) is 4.53. The number of fused-ring (bicyclic) bond motifs is 1.